The van der Waals surface area contributed by atoms with E-state index >= 15 is 0 Å². The average molecular weight is 267 g/mol. The Balaban J connectivity index is 1.97. The molecule has 0 bridgehead atoms. The van der Waals surface area contributed by atoms with E-state index in [-0.39, 0.29) is 12.0 Å². The minimum atomic E-state index is -0.113. The molecule has 3 nitrogen and oxygen atoms in total. The molecular weight excluding hydrogens is 250 g/mol. The van der Waals surface area contributed by atoms with Crippen LogP contribution in [-0.4, -0.2) is 18.6 Å². The molecule has 1 heterocycles. The van der Waals surface area contributed by atoms with Crippen LogP contribution in [0.1, 0.15) is 12.8 Å². The average Bonchev–Trinajstić information content (AvgIpc) is 2.50. The van der Waals surface area contributed by atoms with Crippen molar-refractivity contribution in [1.82, 2.24) is 0 Å². The number of esters is 1. The van der Waals surface area contributed by atoms with Gasteiger partial charge < -0.3 is 9.64 Å². The number of carbonyl (C=O) groups is 1. The predicted octanol–water partition coefficient (Wildman–Crippen LogP) is 3.53. The number of para-hydroxylation sites is 2. The van der Waals surface area contributed by atoms with Gasteiger partial charge in [0.2, 0.25) is 0 Å². The van der Waals surface area contributed by atoms with Gasteiger partial charge >= 0.3 is 5.97 Å². The molecule has 0 aliphatic carbocycles. The van der Waals surface area contributed by atoms with Crippen molar-refractivity contribution in [1.29, 1.82) is 0 Å². The van der Waals surface area contributed by atoms with Crippen molar-refractivity contribution in [2.45, 2.75) is 18.9 Å². The molecule has 0 saturated carbocycles. The Kier molecular flexibility index (Phi) is 3.68. The quantitative estimate of drug-likeness (QED) is 0.797. The lowest BCUT2D eigenvalue weighted by Gasteiger charge is -2.35. The van der Waals surface area contributed by atoms with E-state index in [0.29, 0.717) is 13.0 Å². The van der Waals surface area contributed by atoms with Gasteiger partial charge in [-0.15, -0.1) is 0 Å². The highest BCUT2D eigenvalue weighted by atomic mass is 16.5. The number of hydrogen-bond acceptors (Lipinski definition) is 3. The molecular formula is C17H17NO2. The third kappa shape index (κ3) is 2.67. The summed E-state index contributed by atoms with van der Waals surface area (Å²) in [5, 5.41) is 0. The third-order valence-corrected chi connectivity index (χ3v) is 3.55. The van der Waals surface area contributed by atoms with E-state index in [1.807, 2.05) is 36.4 Å². The highest BCUT2D eigenvalue weighted by Gasteiger charge is 2.27. The van der Waals surface area contributed by atoms with Crippen LogP contribution in [0, 0.1) is 0 Å². The zero-order valence-electron chi connectivity index (χ0n) is 11.2. The molecule has 1 fully saturated rings. The molecule has 1 atom stereocenters. The van der Waals surface area contributed by atoms with Crippen LogP contribution in [0.3, 0.4) is 0 Å². The molecule has 2 aromatic carbocycles. The van der Waals surface area contributed by atoms with Crippen LogP contribution in [0.4, 0.5) is 11.4 Å². The van der Waals surface area contributed by atoms with Crippen LogP contribution in [0.5, 0.6) is 0 Å². The summed E-state index contributed by atoms with van der Waals surface area (Å²) in [7, 11) is 0. The molecule has 3 rings (SSSR count). The number of carbonyl (C=O) groups excluding carboxylic acids is 1. The van der Waals surface area contributed by atoms with Crippen molar-refractivity contribution in [2.75, 3.05) is 11.5 Å². The van der Waals surface area contributed by atoms with Crippen LogP contribution in [0.25, 0.3) is 0 Å². The summed E-state index contributed by atoms with van der Waals surface area (Å²) < 4.78 is 5.06. The van der Waals surface area contributed by atoms with Gasteiger partial charge in [-0.05, 0) is 24.3 Å². The number of rotatable bonds is 3. The smallest absolute Gasteiger partial charge is 0.307 e. The van der Waals surface area contributed by atoms with E-state index in [4.69, 9.17) is 4.74 Å². The highest BCUT2D eigenvalue weighted by Crippen LogP contribution is 2.31. The van der Waals surface area contributed by atoms with E-state index in [0.717, 1.165) is 17.8 Å². The van der Waals surface area contributed by atoms with Gasteiger partial charge in [0.15, 0.2) is 0 Å². The first-order valence-electron chi connectivity index (χ1n) is 6.89. The summed E-state index contributed by atoms with van der Waals surface area (Å²) in [4.78, 5) is 13.8. The first-order valence-corrected chi connectivity index (χ1v) is 6.89. The fraction of sp³-hybridized carbons (Fsp3) is 0.235. The van der Waals surface area contributed by atoms with Crippen molar-refractivity contribution in [2.24, 2.45) is 0 Å². The Hall–Kier alpha value is -2.29. The highest BCUT2D eigenvalue weighted by molar-refractivity contribution is 5.74. The first kappa shape index (κ1) is 12.7. The monoisotopic (exact) mass is 267 g/mol. The standard InChI is InChI=1S/C17H17NO2/c19-17-13-16(11-12-20-17)18(14-7-3-1-4-8-14)15-9-5-2-6-10-15/h1-10,16H,11-13H2. The molecule has 0 aromatic heterocycles. The van der Waals surface area contributed by atoms with Gasteiger partial charge in [0, 0.05) is 23.8 Å². The molecule has 1 aliphatic heterocycles. The summed E-state index contributed by atoms with van der Waals surface area (Å²) in [5.74, 6) is -0.113. The Morgan fingerprint density at radius 2 is 1.45 bits per heavy atom. The van der Waals surface area contributed by atoms with Crippen molar-refractivity contribution < 1.29 is 9.53 Å². The van der Waals surface area contributed by atoms with Crippen LogP contribution in [0.15, 0.2) is 60.7 Å². The summed E-state index contributed by atoms with van der Waals surface area (Å²) in [6.07, 6.45) is 1.29. The van der Waals surface area contributed by atoms with Gasteiger partial charge in [0.25, 0.3) is 0 Å². The Bertz CT molecular complexity index is 529. The zero-order chi connectivity index (χ0) is 13.8. The van der Waals surface area contributed by atoms with Crippen LogP contribution in [-0.2, 0) is 9.53 Å². The predicted molar refractivity (Wildman–Crippen MR) is 79.0 cm³/mol. The normalized spacial score (nSPS) is 18.4. The van der Waals surface area contributed by atoms with E-state index in [2.05, 4.69) is 29.2 Å². The number of ether oxygens (including phenoxy) is 1. The maximum atomic E-state index is 11.6. The van der Waals surface area contributed by atoms with Gasteiger partial charge in [-0.1, -0.05) is 36.4 Å². The van der Waals surface area contributed by atoms with Gasteiger partial charge in [-0.25, -0.2) is 0 Å². The molecule has 2 aromatic rings. The molecule has 1 unspecified atom stereocenters. The summed E-state index contributed by atoms with van der Waals surface area (Å²) in [6.45, 7) is 0.500. The molecule has 0 amide bonds. The molecule has 20 heavy (non-hydrogen) atoms. The van der Waals surface area contributed by atoms with E-state index in [1.54, 1.807) is 0 Å². The number of nitrogens with zero attached hydrogens (tertiary/aromatic N) is 1. The Labute approximate surface area is 118 Å². The SMILES string of the molecule is O=C1CC(N(c2ccccc2)c2ccccc2)CCO1. The number of anilines is 2. The van der Waals surface area contributed by atoms with Gasteiger partial charge in [0.05, 0.1) is 13.0 Å². The lowest BCUT2D eigenvalue weighted by Crippen LogP contribution is -2.38. The minimum absolute atomic E-state index is 0.113. The lowest BCUT2D eigenvalue weighted by atomic mass is 10.0. The molecule has 3 heteroatoms. The number of hydrogen-bond donors (Lipinski definition) is 0. The summed E-state index contributed by atoms with van der Waals surface area (Å²) in [5.41, 5.74) is 2.22. The van der Waals surface area contributed by atoms with E-state index in [9.17, 15) is 4.79 Å². The molecule has 1 aliphatic rings. The van der Waals surface area contributed by atoms with E-state index in [1.165, 1.54) is 0 Å². The third-order valence-electron chi connectivity index (χ3n) is 3.55. The Morgan fingerprint density at radius 3 is 1.95 bits per heavy atom. The van der Waals surface area contributed by atoms with E-state index < -0.39 is 0 Å². The second-order valence-electron chi connectivity index (χ2n) is 4.91. The topological polar surface area (TPSA) is 29.5 Å². The van der Waals surface area contributed by atoms with Crippen molar-refractivity contribution in [3.05, 3.63) is 60.7 Å². The second kappa shape index (κ2) is 5.78. The lowest BCUT2D eigenvalue weighted by molar-refractivity contribution is -0.147. The minimum Gasteiger partial charge on any atom is -0.466 e. The maximum absolute atomic E-state index is 11.6. The van der Waals surface area contributed by atoms with Crippen LogP contribution < -0.4 is 4.90 Å². The maximum Gasteiger partial charge on any atom is 0.307 e. The molecule has 1 saturated heterocycles. The van der Waals surface area contributed by atoms with Gasteiger partial charge in [-0.3, -0.25) is 4.79 Å². The van der Waals surface area contributed by atoms with Crippen molar-refractivity contribution in [3.63, 3.8) is 0 Å². The summed E-state index contributed by atoms with van der Waals surface area (Å²) in [6, 6.07) is 20.5. The number of cyclic esters (lactones) is 1. The molecule has 0 N–H and O–H groups in total. The molecule has 102 valence electrons. The molecule has 0 spiro atoms. The van der Waals surface area contributed by atoms with Gasteiger partial charge in [-0.2, -0.15) is 0 Å². The van der Waals surface area contributed by atoms with Crippen molar-refractivity contribution in [3.8, 4) is 0 Å². The number of benzene rings is 2. The zero-order valence-corrected chi connectivity index (χ0v) is 11.2. The summed E-state index contributed by atoms with van der Waals surface area (Å²) >= 11 is 0. The van der Waals surface area contributed by atoms with Crippen LogP contribution >= 0.6 is 0 Å². The van der Waals surface area contributed by atoms with Gasteiger partial charge in [0.1, 0.15) is 0 Å². The Morgan fingerprint density at radius 1 is 0.900 bits per heavy atom. The fourth-order valence-electron chi connectivity index (χ4n) is 2.63. The fourth-order valence-corrected chi connectivity index (χ4v) is 2.63. The first-order chi connectivity index (χ1) is 9.84. The molecule has 0 radical (unpaired) electrons. The largest absolute Gasteiger partial charge is 0.466 e. The van der Waals surface area contributed by atoms with Crippen LogP contribution in [0.2, 0.25) is 0 Å². The van der Waals surface area contributed by atoms with Crippen molar-refractivity contribution >= 4 is 17.3 Å². The second-order valence-corrected chi connectivity index (χ2v) is 4.91.